The zero-order chi connectivity index (χ0) is 18.2. The molecule has 132 valence electrons. The van der Waals surface area contributed by atoms with E-state index in [2.05, 4.69) is 5.32 Å². The highest BCUT2D eigenvalue weighted by Gasteiger charge is 2.10. The highest BCUT2D eigenvalue weighted by Crippen LogP contribution is 2.17. The number of nitrogens with one attached hydrogen (secondary N) is 1. The number of rotatable bonds is 8. The van der Waals surface area contributed by atoms with Gasteiger partial charge in [-0.25, -0.2) is 4.79 Å². The molecule has 0 radical (unpaired) electrons. The Morgan fingerprint density at radius 2 is 1.76 bits per heavy atom. The molecule has 6 nitrogen and oxygen atoms in total. The fraction of sp³-hybridized carbons (Fsp3) is 0.263. The lowest BCUT2D eigenvalue weighted by molar-refractivity contribution is -0.116. The van der Waals surface area contributed by atoms with Gasteiger partial charge in [0.05, 0.1) is 19.3 Å². The van der Waals surface area contributed by atoms with E-state index >= 15 is 0 Å². The Bertz CT molecular complexity index is 740. The Hall–Kier alpha value is -2.86. The smallest absolute Gasteiger partial charge is 0.335 e. The minimum Gasteiger partial charge on any atom is -0.497 e. The summed E-state index contributed by atoms with van der Waals surface area (Å²) in [5, 5.41) is 11.9. The molecule has 0 bridgehead atoms. The Kier molecular flexibility index (Phi) is 6.54. The summed E-state index contributed by atoms with van der Waals surface area (Å²) in [6.07, 6.45) is 0.878. The van der Waals surface area contributed by atoms with Gasteiger partial charge in [-0.05, 0) is 47.9 Å². The van der Waals surface area contributed by atoms with Gasteiger partial charge in [0.2, 0.25) is 5.91 Å². The van der Waals surface area contributed by atoms with Crippen molar-refractivity contribution in [3.8, 4) is 5.75 Å². The minimum absolute atomic E-state index is 0.111. The third-order valence-corrected chi connectivity index (χ3v) is 3.63. The van der Waals surface area contributed by atoms with Crippen LogP contribution in [0.25, 0.3) is 0 Å². The maximum atomic E-state index is 12.1. The molecule has 0 aromatic heterocycles. The van der Waals surface area contributed by atoms with Gasteiger partial charge in [-0.2, -0.15) is 0 Å². The Labute approximate surface area is 146 Å². The van der Waals surface area contributed by atoms with E-state index < -0.39 is 5.97 Å². The molecule has 0 spiro atoms. The van der Waals surface area contributed by atoms with Crippen molar-refractivity contribution in [2.75, 3.05) is 19.5 Å². The third-order valence-electron chi connectivity index (χ3n) is 3.63. The highest BCUT2D eigenvalue weighted by molar-refractivity contribution is 5.94. The summed E-state index contributed by atoms with van der Waals surface area (Å²) in [5.74, 6) is -0.460. The molecule has 1 amide bonds. The van der Waals surface area contributed by atoms with Gasteiger partial charge in [0.1, 0.15) is 5.75 Å². The molecular formula is C19H21NO5. The van der Waals surface area contributed by atoms with Crippen LogP contribution in [0.3, 0.4) is 0 Å². The average Bonchev–Trinajstić information content (AvgIpc) is 2.60. The van der Waals surface area contributed by atoms with E-state index in [1.807, 2.05) is 24.3 Å². The van der Waals surface area contributed by atoms with E-state index in [-0.39, 0.29) is 18.1 Å². The summed E-state index contributed by atoms with van der Waals surface area (Å²) in [6, 6.07) is 12.2. The van der Waals surface area contributed by atoms with Gasteiger partial charge < -0.3 is 19.9 Å². The highest BCUT2D eigenvalue weighted by atomic mass is 16.5. The van der Waals surface area contributed by atoms with Crippen molar-refractivity contribution in [3.05, 3.63) is 59.2 Å². The van der Waals surface area contributed by atoms with Crippen LogP contribution in [0.1, 0.15) is 27.9 Å². The number of anilines is 1. The van der Waals surface area contributed by atoms with Crippen LogP contribution < -0.4 is 10.1 Å². The largest absolute Gasteiger partial charge is 0.497 e. The molecule has 2 aromatic carbocycles. The van der Waals surface area contributed by atoms with Crippen molar-refractivity contribution < 1.29 is 24.2 Å². The number of methoxy groups -OCH3 is 2. The van der Waals surface area contributed by atoms with Crippen LogP contribution in [0.2, 0.25) is 0 Å². The summed E-state index contributed by atoms with van der Waals surface area (Å²) >= 11 is 0. The third kappa shape index (κ3) is 5.61. The fourth-order valence-electron chi connectivity index (χ4n) is 2.41. The number of hydrogen-bond acceptors (Lipinski definition) is 4. The lowest BCUT2D eigenvalue weighted by Gasteiger charge is -2.09. The number of carbonyl (C=O) groups excluding carboxylic acids is 1. The SMILES string of the molecule is COCc1cc(NC(=O)CCc2ccc(OC)cc2)cc(C(=O)O)c1. The second kappa shape index (κ2) is 8.84. The Morgan fingerprint density at radius 3 is 2.36 bits per heavy atom. The van der Waals surface area contributed by atoms with E-state index in [1.54, 1.807) is 13.2 Å². The predicted molar refractivity (Wildman–Crippen MR) is 94.1 cm³/mol. The number of benzene rings is 2. The lowest BCUT2D eigenvalue weighted by atomic mass is 10.1. The van der Waals surface area contributed by atoms with Crippen LogP contribution in [0.15, 0.2) is 42.5 Å². The zero-order valence-corrected chi connectivity index (χ0v) is 14.2. The first-order valence-electron chi connectivity index (χ1n) is 7.81. The number of amides is 1. The van der Waals surface area contributed by atoms with Crippen molar-refractivity contribution >= 4 is 17.6 Å². The Balaban J connectivity index is 1.99. The second-order valence-electron chi connectivity index (χ2n) is 5.55. The average molecular weight is 343 g/mol. The number of carboxylic acid groups (broad SMARTS) is 1. The van der Waals surface area contributed by atoms with Crippen LogP contribution in [0.4, 0.5) is 5.69 Å². The van der Waals surface area contributed by atoms with Gasteiger partial charge in [0, 0.05) is 19.2 Å². The molecule has 6 heteroatoms. The molecule has 2 aromatic rings. The van der Waals surface area contributed by atoms with Gasteiger partial charge in [0.15, 0.2) is 0 Å². The summed E-state index contributed by atoms with van der Waals surface area (Å²) in [7, 11) is 3.13. The molecule has 0 saturated heterocycles. The fourth-order valence-corrected chi connectivity index (χ4v) is 2.41. The van der Waals surface area contributed by atoms with Crippen molar-refractivity contribution in [1.82, 2.24) is 0 Å². The van der Waals surface area contributed by atoms with Gasteiger partial charge >= 0.3 is 5.97 Å². The topological polar surface area (TPSA) is 84.9 Å². The zero-order valence-electron chi connectivity index (χ0n) is 14.2. The van der Waals surface area contributed by atoms with E-state index in [9.17, 15) is 9.59 Å². The molecule has 0 aliphatic carbocycles. The lowest BCUT2D eigenvalue weighted by Crippen LogP contribution is -2.13. The van der Waals surface area contributed by atoms with Gasteiger partial charge in [-0.3, -0.25) is 4.79 Å². The summed E-state index contributed by atoms with van der Waals surface area (Å²) in [4.78, 5) is 23.3. The number of carboxylic acids is 1. The maximum absolute atomic E-state index is 12.1. The van der Waals surface area contributed by atoms with Gasteiger partial charge in [-0.15, -0.1) is 0 Å². The molecule has 0 aliphatic rings. The van der Waals surface area contributed by atoms with Gasteiger partial charge in [0.25, 0.3) is 0 Å². The maximum Gasteiger partial charge on any atom is 0.335 e. The molecule has 0 unspecified atom stereocenters. The molecule has 0 heterocycles. The van der Waals surface area contributed by atoms with E-state index in [1.165, 1.54) is 19.2 Å². The monoisotopic (exact) mass is 343 g/mol. The van der Waals surface area contributed by atoms with Crippen LogP contribution in [-0.4, -0.2) is 31.2 Å². The Morgan fingerprint density at radius 1 is 1.04 bits per heavy atom. The van der Waals surface area contributed by atoms with Crippen LogP contribution in [-0.2, 0) is 22.6 Å². The normalized spacial score (nSPS) is 10.3. The number of ether oxygens (including phenoxy) is 2. The number of aromatic carboxylic acids is 1. The van der Waals surface area contributed by atoms with Crippen molar-refractivity contribution in [2.45, 2.75) is 19.4 Å². The number of aryl methyl sites for hydroxylation is 1. The van der Waals surface area contributed by atoms with E-state index in [4.69, 9.17) is 14.6 Å². The van der Waals surface area contributed by atoms with Crippen LogP contribution in [0, 0.1) is 0 Å². The molecular weight excluding hydrogens is 322 g/mol. The molecule has 0 aliphatic heterocycles. The van der Waals surface area contributed by atoms with Gasteiger partial charge in [-0.1, -0.05) is 12.1 Å². The summed E-state index contributed by atoms with van der Waals surface area (Å²) in [5.41, 5.74) is 2.27. The molecule has 25 heavy (non-hydrogen) atoms. The van der Waals surface area contributed by atoms with Crippen molar-refractivity contribution in [3.63, 3.8) is 0 Å². The predicted octanol–water partition coefficient (Wildman–Crippen LogP) is 3.11. The number of carbonyl (C=O) groups is 2. The second-order valence-corrected chi connectivity index (χ2v) is 5.55. The molecule has 0 fully saturated rings. The molecule has 2 N–H and O–H groups in total. The van der Waals surface area contributed by atoms with Crippen molar-refractivity contribution in [1.29, 1.82) is 0 Å². The van der Waals surface area contributed by atoms with E-state index in [0.717, 1.165) is 11.3 Å². The number of hydrogen-bond donors (Lipinski definition) is 2. The molecule has 2 rings (SSSR count). The standard InChI is InChI=1S/C19H21NO5/c1-24-12-14-9-15(19(22)23)11-16(10-14)20-18(21)8-5-13-3-6-17(25-2)7-4-13/h3-4,6-7,9-11H,5,8,12H2,1-2H3,(H,20,21)(H,22,23). The first kappa shape index (κ1) is 18.5. The first-order chi connectivity index (χ1) is 12.0. The molecule has 0 saturated carbocycles. The van der Waals surface area contributed by atoms with Crippen LogP contribution >= 0.6 is 0 Å². The summed E-state index contributed by atoms with van der Waals surface area (Å²) < 4.78 is 10.1. The summed E-state index contributed by atoms with van der Waals surface area (Å²) in [6.45, 7) is 0.274. The quantitative estimate of drug-likeness (QED) is 0.769. The first-order valence-corrected chi connectivity index (χ1v) is 7.81. The molecule has 0 atom stereocenters. The van der Waals surface area contributed by atoms with Crippen molar-refractivity contribution in [2.24, 2.45) is 0 Å². The van der Waals surface area contributed by atoms with Crippen LogP contribution in [0.5, 0.6) is 5.75 Å². The minimum atomic E-state index is -1.05. The van der Waals surface area contributed by atoms with E-state index in [0.29, 0.717) is 24.1 Å².